The van der Waals surface area contributed by atoms with Crippen LogP contribution < -0.4 is 10.1 Å². The van der Waals surface area contributed by atoms with Crippen molar-refractivity contribution in [3.8, 4) is 5.75 Å². The molecule has 3 rings (SSSR count). The van der Waals surface area contributed by atoms with E-state index < -0.39 is 0 Å². The molecule has 0 spiro atoms. The number of ether oxygens (including phenoxy) is 1. The van der Waals surface area contributed by atoms with Crippen LogP contribution in [0.4, 0.5) is 4.79 Å². The molecule has 1 saturated heterocycles. The number of para-hydroxylation sites is 1. The largest absolute Gasteiger partial charge is 0.412 e. The van der Waals surface area contributed by atoms with Gasteiger partial charge in [0.1, 0.15) is 5.75 Å². The number of likely N-dealkylation sites (tertiary alicyclic amines) is 1. The number of hydrogen-bond donors (Lipinski definition) is 1. The molecule has 1 fully saturated rings. The van der Waals surface area contributed by atoms with Gasteiger partial charge in [-0.1, -0.05) is 48.5 Å². The van der Waals surface area contributed by atoms with Crippen molar-refractivity contribution in [2.75, 3.05) is 13.1 Å². The van der Waals surface area contributed by atoms with Crippen molar-refractivity contribution in [1.29, 1.82) is 0 Å². The number of nitrogens with one attached hydrogen (secondary N) is 1. The Morgan fingerprint density at radius 1 is 1.09 bits per heavy atom. The highest BCUT2D eigenvalue weighted by atomic mass is 16.6. The molecule has 22 heavy (non-hydrogen) atoms. The fraction of sp³-hybridized carbons (Fsp3) is 0.278. The highest BCUT2D eigenvalue weighted by Gasteiger charge is 2.24. The van der Waals surface area contributed by atoms with Gasteiger partial charge in [-0.05, 0) is 24.1 Å². The molecule has 1 atom stereocenters. The Bertz CT molecular complexity index is 601. The van der Waals surface area contributed by atoms with Crippen molar-refractivity contribution in [2.45, 2.75) is 19.0 Å². The molecule has 1 amide bonds. The van der Waals surface area contributed by atoms with E-state index in [1.165, 1.54) is 5.56 Å². The summed E-state index contributed by atoms with van der Waals surface area (Å²) < 4.78 is 5.26. The lowest BCUT2D eigenvalue weighted by atomic mass is 10.2. The fourth-order valence-electron chi connectivity index (χ4n) is 2.73. The van der Waals surface area contributed by atoms with Crippen LogP contribution in [0.3, 0.4) is 0 Å². The Morgan fingerprint density at radius 2 is 1.77 bits per heavy atom. The SMILES string of the molecule is O=C(N[C@@H]1CCN(Cc2ccccc2)C1)Oc1ccccc1. The second-order valence-electron chi connectivity index (χ2n) is 5.55. The molecular formula is C18H20N2O2. The van der Waals surface area contributed by atoms with Crippen LogP contribution in [-0.2, 0) is 6.54 Å². The van der Waals surface area contributed by atoms with E-state index in [0.717, 1.165) is 26.1 Å². The van der Waals surface area contributed by atoms with Gasteiger partial charge >= 0.3 is 6.09 Å². The number of amides is 1. The first-order valence-corrected chi connectivity index (χ1v) is 7.59. The second-order valence-corrected chi connectivity index (χ2v) is 5.55. The number of carbonyl (C=O) groups excluding carboxylic acids is 1. The van der Waals surface area contributed by atoms with Crippen molar-refractivity contribution < 1.29 is 9.53 Å². The van der Waals surface area contributed by atoms with Crippen LogP contribution in [0.25, 0.3) is 0 Å². The maximum absolute atomic E-state index is 11.9. The van der Waals surface area contributed by atoms with Crippen LogP contribution in [0.1, 0.15) is 12.0 Å². The van der Waals surface area contributed by atoms with Crippen LogP contribution in [-0.4, -0.2) is 30.1 Å². The average Bonchev–Trinajstić information content (AvgIpc) is 2.96. The van der Waals surface area contributed by atoms with E-state index in [2.05, 4.69) is 34.5 Å². The minimum atomic E-state index is -0.377. The lowest BCUT2D eigenvalue weighted by molar-refractivity contribution is 0.195. The minimum absolute atomic E-state index is 0.153. The Labute approximate surface area is 130 Å². The third-order valence-electron chi connectivity index (χ3n) is 3.80. The standard InChI is InChI=1S/C18H20N2O2/c21-18(22-17-9-5-2-6-10-17)19-16-11-12-20(14-16)13-15-7-3-1-4-8-15/h1-10,16H,11-14H2,(H,19,21)/t16-/m1/s1. The molecule has 0 saturated carbocycles. The van der Waals surface area contributed by atoms with E-state index in [9.17, 15) is 4.79 Å². The third-order valence-corrected chi connectivity index (χ3v) is 3.80. The molecule has 0 unspecified atom stereocenters. The van der Waals surface area contributed by atoms with Gasteiger partial charge in [-0.3, -0.25) is 4.90 Å². The molecule has 2 aromatic rings. The van der Waals surface area contributed by atoms with Gasteiger partial charge in [0, 0.05) is 25.7 Å². The fourth-order valence-corrected chi connectivity index (χ4v) is 2.73. The molecule has 2 aromatic carbocycles. The Balaban J connectivity index is 1.46. The maximum Gasteiger partial charge on any atom is 0.412 e. The van der Waals surface area contributed by atoms with Gasteiger partial charge in [-0.25, -0.2) is 4.79 Å². The van der Waals surface area contributed by atoms with Crippen LogP contribution >= 0.6 is 0 Å². The third kappa shape index (κ3) is 4.09. The molecule has 114 valence electrons. The number of rotatable bonds is 4. The summed E-state index contributed by atoms with van der Waals surface area (Å²) in [6, 6.07) is 19.7. The molecular weight excluding hydrogens is 276 g/mol. The van der Waals surface area contributed by atoms with Crippen molar-refractivity contribution in [3.05, 3.63) is 66.2 Å². The van der Waals surface area contributed by atoms with E-state index in [1.54, 1.807) is 12.1 Å². The average molecular weight is 296 g/mol. The molecule has 0 aliphatic carbocycles. The number of carbonyl (C=O) groups is 1. The van der Waals surface area contributed by atoms with E-state index in [4.69, 9.17) is 4.74 Å². The molecule has 1 N–H and O–H groups in total. The smallest absolute Gasteiger partial charge is 0.410 e. The maximum atomic E-state index is 11.9. The zero-order valence-corrected chi connectivity index (χ0v) is 12.4. The number of nitrogens with zero attached hydrogens (tertiary/aromatic N) is 1. The van der Waals surface area contributed by atoms with E-state index in [0.29, 0.717) is 5.75 Å². The Kier molecular flexibility index (Phi) is 4.71. The first kappa shape index (κ1) is 14.6. The molecule has 0 bridgehead atoms. The van der Waals surface area contributed by atoms with Gasteiger partial charge in [-0.2, -0.15) is 0 Å². The van der Waals surface area contributed by atoms with Crippen LogP contribution in [0, 0.1) is 0 Å². The van der Waals surface area contributed by atoms with Gasteiger partial charge in [0.2, 0.25) is 0 Å². The second kappa shape index (κ2) is 7.09. The summed E-state index contributed by atoms with van der Waals surface area (Å²) in [6.07, 6.45) is 0.578. The predicted octanol–water partition coefficient (Wildman–Crippen LogP) is 3.05. The van der Waals surface area contributed by atoms with Gasteiger partial charge in [0.25, 0.3) is 0 Å². The molecule has 1 aliphatic rings. The summed E-state index contributed by atoms with van der Waals surface area (Å²) in [6.45, 7) is 2.77. The minimum Gasteiger partial charge on any atom is -0.410 e. The van der Waals surface area contributed by atoms with Crippen LogP contribution in [0.2, 0.25) is 0 Å². The van der Waals surface area contributed by atoms with Gasteiger partial charge in [0.05, 0.1) is 0 Å². The Morgan fingerprint density at radius 3 is 2.50 bits per heavy atom. The van der Waals surface area contributed by atoms with Gasteiger partial charge in [0.15, 0.2) is 0 Å². The van der Waals surface area contributed by atoms with Crippen molar-refractivity contribution in [3.63, 3.8) is 0 Å². The summed E-state index contributed by atoms with van der Waals surface area (Å²) in [7, 11) is 0. The number of benzene rings is 2. The van der Waals surface area contributed by atoms with Crippen LogP contribution in [0.5, 0.6) is 5.75 Å². The molecule has 1 aliphatic heterocycles. The first-order valence-electron chi connectivity index (χ1n) is 7.59. The van der Waals surface area contributed by atoms with Crippen molar-refractivity contribution in [1.82, 2.24) is 10.2 Å². The van der Waals surface area contributed by atoms with E-state index >= 15 is 0 Å². The zero-order valence-electron chi connectivity index (χ0n) is 12.4. The van der Waals surface area contributed by atoms with Crippen LogP contribution in [0.15, 0.2) is 60.7 Å². The molecule has 0 radical (unpaired) electrons. The van der Waals surface area contributed by atoms with Crippen molar-refractivity contribution >= 4 is 6.09 Å². The summed E-state index contributed by atoms with van der Waals surface area (Å²) in [4.78, 5) is 14.2. The molecule has 4 nitrogen and oxygen atoms in total. The number of hydrogen-bond acceptors (Lipinski definition) is 3. The lowest BCUT2D eigenvalue weighted by Crippen LogP contribution is -2.38. The highest BCUT2D eigenvalue weighted by molar-refractivity contribution is 5.70. The lowest BCUT2D eigenvalue weighted by Gasteiger charge is -2.16. The molecule has 0 aromatic heterocycles. The van der Waals surface area contributed by atoms with E-state index in [1.807, 2.05) is 24.3 Å². The summed E-state index contributed by atoms with van der Waals surface area (Å²) in [5, 5.41) is 2.94. The Hall–Kier alpha value is -2.33. The summed E-state index contributed by atoms with van der Waals surface area (Å²) in [5.41, 5.74) is 1.30. The van der Waals surface area contributed by atoms with Gasteiger partial charge < -0.3 is 10.1 Å². The molecule has 1 heterocycles. The highest BCUT2D eigenvalue weighted by Crippen LogP contribution is 2.14. The zero-order chi connectivity index (χ0) is 15.2. The monoisotopic (exact) mass is 296 g/mol. The van der Waals surface area contributed by atoms with E-state index in [-0.39, 0.29) is 12.1 Å². The normalized spacial score (nSPS) is 18.1. The summed E-state index contributed by atoms with van der Waals surface area (Å²) in [5.74, 6) is 0.569. The molecule has 4 heteroatoms. The van der Waals surface area contributed by atoms with Gasteiger partial charge in [-0.15, -0.1) is 0 Å². The quantitative estimate of drug-likeness (QED) is 0.943. The first-order chi connectivity index (χ1) is 10.8. The summed E-state index contributed by atoms with van der Waals surface area (Å²) >= 11 is 0. The topological polar surface area (TPSA) is 41.6 Å². The predicted molar refractivity (Wildman–Crippen MR) is 85.7 cm³/mol. The van der Waals surface area contributed by atoms with Crippen molar-refractivity contribution in [2.24, 2.45) is 0 Å².